The maximum atomic E-state index is 13.2. The number of benzene rings is 2. The number of nitrogens with zero attached hydrogens (tertiary/aromatic N) is 1. The highest BCUT2D eigenvalue weighted by atomic mass is 16.5. The van der Waals surface area contributed by atoms with Crippen LogP contribution < -0.4 is 10.2 Å². The molecule has 3 rings (SSSR count). The number of allylic oxidation sites excluding steroid dienone is 1. The normalized spacial score (nSPS) is 16.5. The summed E-state index contributed by atoms with van der Waals surface area (Å²) in [5, 5.41) is 2.89. The molecule has 2 aromatic rings. The Labute approximate surface area is 176 Å². The molecule has 0 aromatic heterocycles. The Hall–Kier alpha value is -3.41. The van der Waals surface area contributed by atoms with E-state index in [1.165, 1.54) is 4.90 Å². The Morgan fingerprint density at radius 1 is 1.10 bits per heavy atom. The zero-order valence-corrected chi connectivity index (χ0v) is 17.7. The van der Waals surface area contributed by atoms with Crippen LogP contribution in [0.1, 0.15) is 31.4 Å². The lowest BCUT2D eigenvalue weighted by Gasteiger charge is -2.33. The number of hydrogen-bond donors (Lipinski definition) is 1. The van der Waals surface area contributed by atoms with Gasteiger partial charge in [-0.1, -0.05) is 30.3 Å². The van der Waals surface area contributed by atoms with Crippen LogP contribution in [0, 0.1) is 19.8 Å². The largest absolute Gasteiger partial charge is 0.463 e. The van der Waals surface area contributed by atoms with Crippen LogP contribution in [-0.2, 0) is 19.1 Å². The van der Waals surface area contributed by atoms with Gasteiger partial charge in [0.2, 0.25) is 11.8 Å². The minimum absolute atomic E-state index is 0.114. The SMILES string of the molecule is CCOC(=O)C1=C(C)N(c2ccccc2)C(=O)C[C@@H]1C(=O)Nc1cc(C)ccc1C. The maximum absolute atomic E-state index is 13.2. The number of anilines is 2. The molecule has 1 aliphatic heterocycles. The van der Waals surface area contributed by atoms with E-state index in [2.05, 4.69) is 5.32 Å². The second-order valence-corrected chi connectivity index (χ2v) is 7.35. The van der Waals surface area contributed by atoms with Crippen LogP contribution in [0.5, 0.6) is 0 Å². The molecule has 1 atom stereocenters. The quantitative estimate of drug-likeness (QED) is 0.758. The van der Waals surface area contributed by atoms with Crippen molar-refractivity contribution in [3.63, 3.8) is 0 Å². The van der Waals surface area contributed by atoms with E-state index in [9.17, 15) is 14.4 Å². The lowest BCUT2D eigenvalue weighted by atomic mass is 9.88. The number of esters is 1. The van der Waals surface area contributed by atoms with Crippen molar-refractivity contribution in [3.05, 3.63) is 70.9 Å². The van der Waals surface area contributed by atoms with Crippen molar-refractivity contribution in [2.24, 2.45) is 5.92 Å². The Morgan fingerprint density at radius 2 is 1.80 bits per heavy atom. The van der Waals surface area contributed by atoms with Crippen LogP contribution in [0.25, 0.3) is 0 Å². The fourth-order valence-corrected chi connectivity index (χ4v) is 3.66. The van der Waals surface area contributed by atoms with Gasteiger partial charge in [-0.05, 0) is 57.0 Å². The van der Waals surface area contributed by atoms with E-state index in [0.717, 1.165) is 11.1 Å². The molecule has 0 aliphatic carbocycles. The van der Waals surface area contributed by atoms with E-state index in [1.807, 2.05) is 50.2 Å². The molecule has 0 spiro atoms. The van der Waals surface area contributed by atoms with Crippen molar-refractivity contribution in [1.82, 2.24) is 0 Å². The zero-order valence-electron chi connectivity index (χ0n) is 17.7. The van der Waals surface area contributed by atoms with Crippen molar-refractivity contribution in [1.29, 1.82) is 0 Å². The Morgan fingerprint density at radius 3 is 2.47 bits per heavy atom. The third kappa shape index (κ3) is 4.27. The van der Waals surface area contributed by atoms with Gasteiger partial charge in [-0.15, -0.1) is 0 Å². The number of amides is 2. The topological polar surface area (TPSA) is 75.7 Å². The van der Waals surface area contributed by atoms with Crippen LogP contribution in [0.2, 0.25) is 0 Å². The fraction of sp³-hybridized carbons (Fsp3) is 0.292. The average molecular weight is 406 g/mol. The summed E-state index contributed by atoms with van der Waals surface area (Å²) in [6.07, 6.45) is -0.114. The molecule has 1 aliphatic rings. The third-order valence-corrected chi connectivity index (χ3v) is 5.18. The van der Waals surface area contributed by atoms with Crippen molar-refractivity contribution in [3.8, 4) is 0 Å². The minimum atomic E-state index is -0.920. The molecule has 6 heteroatoms. The van der Waals surface area contributed by atoms with Gasteiger partial charge in [-0.3, -0.25) is 14.5 Å². The van der Waals surface area contributed by atoms with Gasteiger partial charge in [-0.2, -0.15) is 0 Å². The van der Waals surface area contributed by atoms with Gasteiger partial charge < -0.3 is 10.1 Å². The predicted octanol–water partition coefficient (Wildman–Crippen LogP) is 4.13. The molecular weight excluding hydrogens is 380 g/mol. The number of rotatable bonds is 5. The maximum Gasteiger partial charge on any atom is 0.336 e. The first-order chi connectivity index (χ1) is 14.3. The fourth-order valence-electron chi connectivity index (χ4n) is 3.66. The van der Waals surface area contributed by atoms with Gasteiger partial charge in [0, 0.05) is 23.5 Å². The molecular formula is C24H26N2O4. The molecule has 0 radical (unpaired) electrons. The molecule has 0 saturated carbocycles. The summed E-state index contributed by atoms with van der Waals surface area (Å²) in [5.41, 5.74) is 3.85. The van der Waals surface area contributed by atoms with Crippen molar-refractivity contribution in [2.75, 3.05) is 16.8 Å². The molecule has 0 bridgehead atoms. The van der Waals surface area contributed by atoms with E-state index in [4.69, 9.17) is 4.74 Å². The van der Waals surface area contributed by atoms with Crippen molar-refractivity contribution < 1.29 is 19.1 Å². The summed E-state index contributed by atoms with van der Waals surface area (Å²) in [4.78, 5) is 40.4. The van der Waals surface area contributed by atoms with Crippen molar-refractivity contribution >= 4 is 29.2 Å². The van der Waals surface area contributed by atoms with Crippen LogP contribution >= 0.6 is 0 Å². The lowest BCUT2D eigenvalue weighted by molar-refractivity contribution is -0.141. The van der Waals surface area contributed by atoms with E-state index in [-0.39, 0.29) is 24.5 Å². The van der Waals surface area contributed by atoms with E-state index in [1.54, 1.807) is 26.0 Å². The Kier molecular flexibility index (Phi) is 6.35. The highest BCUT2D eigenvalue weighted by molar-refractivity contribution is 6.10. The van der Waals surface area contributed by atoms with Gasteiger partial charge in [0.15, 0.2) is 0 Å². The molecule has 1 N–H and O–H groups in total. The molecule has 2 amide bonds. The molecule has 1 heterocycles. The Balaban J connectivity index is 2.01. The first-order valence-electron chi connectivity index (χ1n) is 9.97. The first-order valence-corrected chi connectivity index (χ1v) is 9.97. The third-order valence-electron chi connectivity index (χ3n) is 5.18. The summed E-state index contributed by atoms with van der Waals surface area (Å²) in [6, 6.07) is 14.8. The van der Waals surface area contributed by atoms with Crippen LogP contribution in [0.3, 0.4) is 0 Å². The summed E-state index contributed by atoms with van der Waals surface area (Å²) >= 11 is 0. The second kappa shape index (κ2) is 8.95. The summed E-state index contributed by atoms with van der Waals surface area (Å²) in [7, 11) is 0. The van der Waals surface area contributed by atoms with E-state index < -0.39 is 17.8 Å². The van der Waals surface area contributed by atoms with Crippen LogP contribution in [0.4, 0.5) is 11.4 Å². The number of nitrogens with one attached hydrogen (secondary N) is 1. The standard InChI is InChI=1S/C24H26N2O4/c1-5-30-24(29)22-17(4)26(18-9-7-6-8-10-18)21(27)14-19(22)23(28)25-20-13-15(2)11-12-16(20)3/h6-13,19H,5,14H2,1-4H3,(H,25,28)/t19-/m0/s1. The van der Waals surface area contributed by atoms with Crippen molar-refractivity contribution in [2.45, 2.75) is 34.1 Å². The van der Waals surface area contributed by atoms with Gasteiger partial charge >= 0.3 is 5.97 Å². The zero-order chi connectivity index (χ0) is 21.8. The van der Waals surface area contributed by atoms with E-state index >= 15 is 0 Å². The van der Waals surface area contributed by atoms with Gasteiger partial charge in [0.05, 0.1) is 18.1 Å². The van der Waals surface area contributed by atoms with Gasteiger partial charge in [0.1, 0.15) is 0 Å². The molecule has 2 aromatic carbocycles. The molecule has 6 nitrogen and oxygen atoms in total. The smallest absolute Gasteiger partial charge is 0.336 e. The highest BCUT2D eigenvalue weighted by Gasteiger charge is 2.40. The van der Waals surface area contributed by atoms with Gasteiger partial charge in [-0.25, -0.2) is 4.79 Å². The number of hydrogen-bond acceptors (Lipinski definition) is 4. The second-order valence-electron chi connectivity index (χ2n) is 7.35. The van der Waals surface area contributed by atoms with E-state index in [0.29, 0.717) is 17.1 Å². The average Bonchev–Trinajstić information content (AvgIpc) is 2.71. The number of ether oxygens (including phenoxy) is 1. The highest BCUT2D eigenvalue weighted by Crippen LogP contribution is 2.34. The summed E-state index contributed by atoms with van der Waals surface area (Å²) in [6.45, 7) is 7.40. The monoisotopic (exact) mass is 406 g/mol. The minimum Gasteiger partial charge on any atom is -0.463 e. The Bertz CT molecular complexity index is 1010. The summed E-state index contributed by atoms with van der Waals surface area (Å²) in [5.74, 6) is -2.14. The predicted molar refractivity (Wildman–Crippen MR) is 116 cm³/mol. The number of aryl methyl sites for hydroxylation is 2. The molecule has 0 fully saturated rings. The van der Waals surface area contributed by atoms with Crippen LogP contribution in [0.15, 0.2) is 59.8 Å². The summed E-state index contributed by atoms with van der Waals surface area (Å²) < 4.78 is 5.23. The molecule has 0 unspecified atom stereocenters. The number of para-hydroxylation sites is 1. The molecule has 30 heavy (non-hydrogen) atoms. The number of carbonyl (C=O) groups is 3. The van der Waals surface area contributed by atoms with Gasteiger partial charge in [0.25, 0.3) is 0 Å². The van der Waals surface area contributed by atoms with Crippen LogP contribution in [-0.4, -0.2) is 24.4 Å². The molecule has 156 valence electrons. The first kappa shape index (κ1) is 21.3. The number of carbonyl (C=O) groups excluding carboxylic acids is 3. The lowest BCUT2D eigenvalue weighted by Crippen LogP contribution is -2.43. The molecule has 0 saturated heterocycles.